The fourth-order valence-electron chi connectivity index (χ4n) is 1.29. The zero-order valence-corrected chi connectivity index (χ0v) is 7.67. The van der Waals surface area contributed by atoms with E-state index in [0.29, 0.717) is 0 Å². The van der Waals surface area contributed by atoms with E-state index in [1.807, 2.05) is 30.3 Å². The normalized spacial score (nSPS) is 12.4. The van der Waals surface area contributed by atoms with Crippen molar-refractivity contribution in [2.75, 3.05) is 0 Å². The van der Waals surface area contributed by atoms with E-state index in [9.17, 15) is 0 Å². The van der Waals surface area contributed by atoms with Gasteiger partial charge in [-0.05, 0) is 23.8 Å². The molecule has 70 valence electrons. The van der Waals surface area contributed by atoms with E-state index in [4.69, 9.17) is 5.73 Å². The van der Waals surface area contributed by atoms with Gasteiger partial charge in [-0.2, -0.15) is 0 Å². The van der Waals surface area contributed by atoms with Gasteiger partial charge in [0, 0.05) is 18.6 Å². The van der Waals surface area contributed by atoms with Crippen LogP contribution >= 0.6 is 0 Å². The molecule has 0 aliphatic carbocycles. The van der Waals surface area contributed by atoms with Crippen LogP contribution in [0, 0.1) is 0 Å². The summed E-state index contributed by atoms with van der Waals surface area (Å²) in [6.07, 6.45) is 5.24. The first-order valence-electron chi connectivity index (χ1n) is 4.44. The zero-order valence-electron chi connectivity index (χ0n) is 7.67. The second-order valence-electron chi connectivity index (χ2n) is 3.02. The summed E-state index contributed by atoms with van der Waals surface area (Å²) < 4.78 is 0. The van der Waals surface area contributed by atoms with E-state index >= 15 is 0 Å². The molecule has 1 unspecified atom stereocenters. The Kier molecular flexibility index (Phi) is 2.51. The quantitative estimate of drug-likeness (QED) is 0.771. The van der Waals surface area contributed by atoms with Crippen LogP contribution in [0.15, 0.2) is 48.9 Å². The molecule has 3 heteroatoms. The third-order valence-electron chi connectivity index (χ3n) is 2.05. The molecule has 14 heavy (non-hydrogen) atoms. The Labute approximate surface area is 82.6 Å². The van der Waals surface area contributed by atoms with Crippen molar-refractivity contribution in [2.24, 2.45) is 5.73 Å². The van der Waals surface area contributed by atoms with E-state index in [2.05, 4.69) is 9.97 Å². The highest BCUT2D eigenvalue weighted by molar-refractivity contribution is 5.23. The van der Waals surface area contributed by atoms with Gasteiger partial charge >= 0.3 is 0 Å². The highest BCUT2D eigenvalue weighted by Gasteiger charge is 2.08. The average Bonchev–Trinajstić information content (AvgIpc) is 2.30. The molecule has 0 amide bonds. The van der Waals surface area contributed by atoms with Crippen molar-refractivity contribution in [3.8, 4) is 0 Å². The molecular weight excluding hydrogens is 174 g/mol. The molecule has 0 bridgehead atoms. The molecule has 0 fully saturated rings. The molecule has 3 nitrogen and oxygen atoms in total. The Bertz CT molecular complexity index is 346. The minimum absolute atomic E-state index is 0.190. The van der Waals surface area contributed by atoms with E-state index in [0.717, 1.165) is 11.3 Å². The van der Waals surface area contributed by atoms with Crippen molar-refractivity contribution in [3.05, 3.63) is 60.2 Å². The molecular formula is C11H11N3. The Morgan fingerprint density at radius 1 is 1.07 bits per heavy atom. The maximum absolute atomic E-state index is 6.01. The van der Waals surface area contributed by atoms with Gasteiger partial charge < -0.3 is 5.73 Å². The number of pyridine rings is 2. The smallest absolute Gasteiger partial charge is 0.0741 e. The Hall–Kier alpha value is -1.74. The molecule has 0 aliphatic rings. The topological polar surface area (TPSA) is 51.8 Å². The number of rotatable bonds is 2. The maximum atomic E-state index is 6.01. The predicted molar refractivity (Wildman–Crippen MR) is 54.5 cm³/mol. The van der Waals surface area contributed by atoms with Gasteiger partial charge in [0.1, 0.15) is 0 Å². The summed E-state index contributed by atoms with van der Waals surface area (Å²) in [5, 5.41) is 0. The third kappa shape index (κ3) is 1.78. The largest absolute Gasteiger partial charge is 0.319 e. The lowest BCUT2D eigenvalue weighted by Gasteiger charge is -2.09. The second-order valence-corrected chi connectivity index (χ2v) is 3.02. The predicted octanol–water partition coefficient (Wildman–Crippen LogP) is 1.52. The van der Waals surface area contributed by atoms with Crippen LogP contribution in [0.1, 0.15) is 17.3 Å². The minimum Gasteiger partial charge on any atom is -0.319 e. The monoisotopic (exact) mass is 185 g/mol. The highest BCUT2D eigenvalue weighted by atomic mass is 14.8. The number of aromatic nitrogens is 2. The van der Waals surface area contributed by atoms with Crippen molar-refractivity contribution in [1.29, 1.82) is 0 Å². The van der Waals surface area contributed by atoms with E-state index in [-0.39, 0.29) is 6.04 Å². The minimum atomic E-state index is -0.190. The molecule has 0 aromatic carbocycles. The van der Waals surface area contributed by atoms with Gasteiger partial charge in [0.15, 0.2) is 0 Å². The van der Waals surface area contributed by atoms with Gasteiger partial charge in [-0.15, -0.1) is 0 Å². The molecule has 2 aromatic rings. The molecule has 2 rings (SSSR count). The van der Waals surface area contributed by atoms with Crippen LogP contribution in [0.3, 0.4) is 0 Å². The van der Waals surface area contributed by atoms with Crippen molar-refractivity contribution in [2.45, 2.75) is 6.04 Å². The maximum Gasteiger partial charge on any atom is 0.0741 e. The van der Waals surface area contributed by atoms with Crippen LogP contribution in [0.25, 0.3) is 0 Å². The standard InChI is InChI=1S/C11H11N3/c12-11(9-4-3-6-13-8-9)10-5-1-2-7-14-10/h1-8,11H,12H2. The van der Waals surface area contributed by atoms with Crippen molar-refractivity contribution < 1.29 is 0 Å². The van der Waals surface area contributed by atoms with Crippen LogP contribution in [0.2, 0.25) is 0 Å². The van der Waals surface area contributed by atoms with Crippen molar-refractivity contribution >= 4 is 0 Å². The molecule has 0 radical (unpaired) electrons. The zero-order chi connectivity index (χ0) is 9.80. The Balaban J connectivity index is 2.30. The molecule has 2 heterocycles. The average molecular weight is 185 g/mol. The van der Waals surface area contributed by atoms with Crippen LogP contribution in [0.4, 0.5) is 0 Å². The molecule has 1 atom stereocenters. The van der Waals surface area contributed by atoms with Gasteiger partial charge in [0.05, 0.1) is 11.7 Å². The number of nitrogens with zero attached hydrogens (tertiary/aromatic N) is 2. The summed E-state index contributed by atoms with van der Waals surface area (Å²) in [6.45, 7) is 0. The molecule has 2 N–H and O–H groups in total. The summed E-state index contributed by atoms with van der Waals surface area (Å²) in [5.74, 6) is 0. The Morgan fingerprint density at radius 3 is 2.64 bits per heavy atom. The van der Waals surface area contributed by atoms with Gasteiger partial charge in [0.2, 0.25) is 0 Å². The number of nitrogens with two attached hydrogens (primary N) is 1. The summed E-state index contributed by atoms with van der Waals surface area (Å²) in [4.78, 5) is 8.23. The van der Waals surface area contributed by atoms with Crippen LogP contribution in [-0.2, 0) is 0 Å². The Morgan fingerprint density at radius 2 is 2.00 bits per heavy atom. The summed E-state index contributed by atoms with van der Waals surface area (Å²) in [7, 11) is 0. The van der Waals surface area contributed by atoms with E-state index < -0.39 is 0 Å². The lowest BCUT2D eigenvalue weighted by molar-refractivity contribution is 0.823. The van der Waals surface area contributed by atoms with Crippen LogP contribution < -0.4 is 5.73 Å². The number of hydrogen-bond acceptors (Lipinski definition) is 3. The number of hydrogen-bond donors (Lipinski definition) is 1. The fraction of sp³-hybridized carbons (Fsp3) is 0.0909. The SMILES string of the molecule is NC(c1cccnc1)c1ccccn1. The fourth-order valence-corrected chi connectivity index (χ4v) is 1.29. The third-order valence-corrected chi connectivity index (χ3v) is 2.05. The first-order valence-corrected chi connectivity index (χ1v) is 4.44. The van der Waals surface area contributed by atoms with Gasteiger partial charge in [-0.25, -0.2) is 0 Å². The van der Waals surface area contributed by atoms with Gasteiger partial charge in [-0.3, -0.25) is 9.97 Å². The molecule has 0 spiro atoms. The first-order chi connectivity index (χ1) is 6.88. The molecule has 0 aliphatic heterocycles. The van der Waals surface area contributed by atoms with E-state index in [1.165, 1.54) is 0 Å². The first kappa shape index (κ1) is 8.84. The van der Waals surface area contributed by atoms with Gasteiger partial charge in [0.25, 0.3) is 0 Å². The lowest BCUT2D eigenvalue weighted by atomic mass is 10.1. The molecule has 2 aromatic heterocycles. The second kappa shape index (κ2) is 3.98. The molecule has 0 saturated carbocycles. The summed E-state index contributed by atoms with van der Waals surface area (Å²) in [5.41, 5.74) is 7.85. The summed E-state index contributed by atoms with van der Waals surface area (Å²) in [6, 6.07) is 9.35. The summed E-state index contributed by atoms with van der Waals surface area (Å²) >= 11 is 0. The van der Waals surface area contributed by atoms with Crippen LogP contribution in [0.5, 0.6) is 0 Å². The lowest BCUT2D eigenvalue weighted by Crippen LogP contribution is -2.13. The van der Waals surface area contributed by atoms with Gasteiger partial charge in [-0.1, -0.05) is 12.1 Å². The van der Waals surface area contributed by atoms with Crippen molar-refractivity contribution in [3.63, 3.8) is 0 Å². The van der Waals surface area contributed by atoms with Crippen molar-refractivity contribution in [1.82, 2.24) is 9.97 Å². The molecule has 0 saturated heterocycles. The van der Waals surface area contributed by atoms with E-state index in [1.54, 1.807) is 18.6 Å². The van der Waals surface area contributed by atoms with Crippen LogP contribution in [-0.4, -0.2) is 9.97 Å². The highest BCUT2D eigenvalue weighted by Crippen LogP contribution is 2.15.